The van der Waals surface area contributed by atoms with Crippen molar-refractivity contribution in [1.29, 1.82) is 0 Å². The fraction of sp³-hybridized carbons (Fsp3) is 0.214. The first-order valence-electron chi connectivity index (χ1n) is 11.6. The first-order chi connectivity index (χ1) is 17.8. The van der Waals surface area contributed by atoms with E-state index in [2.05, 4.69) is 5.32 Å². The van der Waals surface area contributed by atoms with Crippen molar-refractivity contribution in [3.05, 3.63) is 81.6 Å². The molecule has 2 aromatic heterocycles. The summed E-state index contributed by atoms with van der Waals surface area (Å²) in [5.74, 6) is -0.224. The molecule has 1 atom stereocenters. The van der Waals surface area contributed by atoms with Crippen molar-refractivity contribution in [3.8, 4) is 27.3 Å². The molecule has 1 aliphatic carbocycles. The molecular weight excluding hydrogens is 513 g/mol. The molecule has 1 fully saturated rings. The van der Waals surface area contributed by atoms with Crippen molar-refractivity contribution in [2.45, 2.75) is 31.3 Å². The van der Waals surface area contributed by atoms with Crippen molar-refractivity contribution >= 4 is 40.4 Å². The van der Waals surface area contributed by atoms with Gasteiger partial charge in [0.1, 0.15) is 11.9 Å². The number of hydrogen-bond acceptors (Lipinski definition) is 6. The number of ether oxygens (including phenoxy) is 2. The van der Waals surface area contributed by atoms with Crippen molar-refractivity contribution in [1.82, 2.24) is 0 Å². The third kappa shape index (κ3) is 4.97. The number of carbonyl (C=O) groups is 2. The van der Waals surface area contributed by atoms with E-state index in [1.165, 1.54) is 17.4 Å². The number of halogens is 1. The van der Waals surface area contributed by atoms with Gasteiger partial charge in [0.25, 0.3) is 0 Å². The summed E-state index contributed by atoms with van der Waals surface area (Å²) in [7, 11) is 1.55. The number of rotatable bonds is 8. The second-order valence-electron chi connectivity index (χ2n) is 8.86. The molecule has 2 heterocycles. The molecule has 0 aliphatic heterocycles. The summed E-state index contributed by atoms with van der Waals surface area (Å²) >= 11 is 2.41. The van der Waals surface area contributed by atoms with Crippen molar-refractivity contribution in [2.75, 3.05) is 12.4 Å². The predicted molar refractivity (Wildman–Crippen MR) is 143 cm³/mol. The molecule has 0 spiro atoms. The molecule has 2 N–H and O–H groups in total. The van der Waals surface area contributed by atoms with Gasteiger partial charge in [-0.3, -0.25) is 10.1 Å². The van der Waals surface area contributed by atoms with E-state index in [4.69, 9.17) is 9.47 Å². The summed E-state index contributed by atoms with van der Waals surface area (Å²) in [6.07, 6.45) is 0.198. The number of aliphatic carboxylic acids is 1. The van der Waals surface area contributed by atoms with Gasteiger partial charge in [-0.25, -0.2) is 4.79 Å². The lowest BCUT2D eigenvalue weighted by atomic mass is 9.93. The molecule has 2 aromatic carbocycles. The molecule has 0 saturated heterocycles. The molecule has 9 heteroatoms. The monoisotopic (exact) mass is 537 g/mol. The van der Waals surface area contributed by atoms with Crippen LogP contribution in [0.3, 0.4) is 0 Å². The average Bonchev–Trinajstić information content (AvgIpc) is 3.35. The fourth-order valence-corrected chi connectivity index (χ4v) is 5.89. The van der Waals surface area contributed by atoms with Crippen LogP contribution in [0, 0.1) is 5.13 Å². The quantitative estimate of drug-likeness (QED) is 0.240. The van der Waals surface area contributed by atoms with Crippen LogP contribution in [0.25, 0.3) is 21.6 Å². The Morgan fingerprint density at radius 3 is 2.43 bits per heavy atom. The zero-order chi connectivity index (χ0) is 26.2. The van der Waals surface area contributed by atoms with Gasteiger partial charge in [-0.15, -0.1) is 22.7 Å². The number of amides is 1. The van der Waals surface area contributed by atoms with E-state index in [1.807, 2.05) is 53.9 Å². The summed E-state index contributed by atoms with van der Waals surface area (Å²) in [4.78, 5) is 25.6. The minimum atomic E-state index is -0.792. The fourth-order valence-electron chi connectivity index (χ4n) is 4.34. The molecule has 1 amide bonds. The number of carboxylic acid groups (broad SMARTS) is 1. The minimum absolute atomic E-state index is 0.313. The Morgan fingerprint density at radius 2 is 1.81 bits per heavy atom. The van der Waals surface area contributed by atoms with Crippen molar-refractivity contribution in [2.24, 2.45) is 0 Å². The Kier molecular flexibility index (Phi) is 6.74. The minimum Gasteiger partial charge on any atom is -0.496 e. The molecule has 37 heavy (non-hydrogen) atoms. The Balaban J connectivity index is 1.38. The number of thiophene rings is 2. The van der Waals surface area contributed by atoms with Gasteiger partial charge in [-0.1, -0.05) is 42.5 Å². The van der Waals surface area contributed by atoms with Crippen LogP contribution in [0.15, 0.2) is 66.0 Å². The molecule has 0 radical (unpaired) electrons. The summed E-state index contributed by atoms with van der Waals surface area (Å²) in [5, 5.41) is 13.7. The zero-order valence-electron chi connectivity index (χ0n) is 20.1. The summed E-state index contributed by atoms with van der Waals surface area (Å²) in [5.41, 5.74) is 2.71. The molecule has 4 aromatic rings. The lowest BCUT2D eigenvalue weighted by Crippen LogP contribution is -2.19. The summed E-state index contributed by atoms with van der Waals surface area (Å²) in [6, 6.07) is 18.0. The predicted octanol–water partition coefficient (Wildman–Crippen LogP) is 7.72. The Morgan fingerprint density at radius 1 is 1.08 bits per heavy atom. The maximum atomic E-state index is 14.3. The number of benzene rings is 2. The van der Waals surface area contributed by atoms with Crippen LogP contribution < -0.4 is 10.1 Å². The van der Waals surface area contributed by atoms with Gasteiger partial charge in [0.05, 0.1) is 23.1 Å². The molecule has 5 rings (SSSR count). The maximum Gasteiger partial charge on any atom is 0.412 e. The van der Waals surface area contributed by atoms with Gasteiger partial charge >= 0.3 is 12.1 Å². The van der Waals surface area contributed by atoms with Crippen molar-refractivity contribution < 1.29 is 28.6 Å². The molecule has 1 saturated carbocycles. The molecule has 0 bridgehead atoms. The number of anilines is 1. The van der Waals surface area contributed by atoms with E-state index in [0.717, 1.165) is 32.9 Å². The topological polar surface area (TPSA) is 84.9 Å². The van der Waals surface area contributed by atoms with Gasteiger partial charge in [0.2, 0.25) is 0 Å². The Labute approximate surface area is 221 Å². The molecule has 190 valence electrons. The highest BCUT2D eigenvalue weighted by atomic mass is 32.1. The molecular formula is C28H24FNO5S2. The van der Waals surface area contributed by atoms with Crippen LogP contribution in [0.4, 0.5) is 14.9 Å². The highest BCUT2D eigenvalue weighted by Crippen LogP contribution is 2.49. The van der Waals surface area contributed by atoms with Crippen LogP contribution >= 0.6 is 22.7 Å². The van der Waals surface area contributed by atoms with Crippen LogP contribution in [-0.2, 0) is 14.9 Å². The number of nitrogens with one attached hydrogen (secondary N) is 1. The normalized spacial score (nSPS) is 14.6. The highest BCUT2D eigenvalue weighted by Gasteiger charge is 2.51. The number of methoxy groups -OCH3 is 1. The lowest BCUT2D eigenvalue weighted by molar-refractivity contribution is -0.140. The number of carbonyl (C=O) groups excluding carboxylic acids is 1. The summed E-state index contributed by atoms with van der Waals surface area (Å²) in [6.45, 7) is 1.78. The van der Waals surface area contributed by atoms with Crippen LogP contribution in [0.2, 0.25) is 0 Å². The Bertz CT molecular complexity index is 1440. The lowest BCUT2D eigenvalue weighted by Gasteiger charge is -2.15. The van der Waals surface area contributed by atoms with Gasteiger partial charge in [0.15, 0.2) is 5.13 Å². The van der Waals surface area contributed by atoms with E-state index in [0.29, 0.717) is 34.7 Å². The average molecular weight is 538 g/mol. The van der Waals surface area contributed by atoms with Crippen LogP contribution in [0.5, 0.6) is 5.75 Å². The SMILES string of the molecule is COc1cc(-c2sc(F)cc2NC(=O)O[C@H](C)c2cccs2)ccc1-c1ccc(C2(C(=O)O)CC2)cc1. The molecule has 1 aliphatic rings. The first-order valence-corrected chi connectivity index (χ1v) is 13.3. The molecule has 6 nitrogen and oxygen atoms in total. The second kappa shape index (κ2) is 9.99. The zero-order valence-corrected chi connectivity index (χ0v) is 21.8. The van der Waals surface area contributed by atoms with E-state index in [1.54, 1.807) is 20.1 Å². The second-order valence-corrected chi connectivity index (χ2v) is 10.8. The molecule has 0 unspecified atom stereocenters. The largest absolute Gasteiger partial charge is 0.496 e. The van der Waals surface area contributed by atoms with Gasteiger partial charge in [0, 0.05) is 16.5 Å². The van der Waals surface area contributed by atoms with Crippen LogP contribution in [-0.4, -0.2) is 24.3 Å². The third-order valence-corrected chi connectivity index (χ3v) is 8.54. The van der Waals surface area contributed by atoms with E-state index in [9.17, 15) is 19.1 Å². The highest BCUT2D eigenvalue weighted by molar-refractivity contribution is 7.14. The van der Waals surface area contributed by atoms with Gasteiger partial charge in [-0.05, 0) is 54.0 Å². The maximum absolute atomic E-state index is 14.3. The van der Waals surface area contributed by atoms with Crippen molar-refractivity contribution in [3.63, 3.8) is 0 Å². The first kappa shape index (κ1) is 25.0. The van der Waals surface area contributed by atoms with Gasteiger partial charge in [-0.2, -0.15) is 4.39 Å². The standard InChI is InChI=1S/C28H24FNO5S2/c1-16(23-4-3-13-36-23)35-27(33)30-21-15-24(29)37-25(21)18-7-10-20(22(14-18)34-2)17-5-8-19(9-6-17)28(11-12-28)26(31)32/h3-10,13-16H,11-12H2,1-2H3,(H,30,33)(H,31,32)/t16-/m1/s1. The van der Waals surface area contributed by atoms with E-state index in [-0.39, 0.29) is 0 Å². The van der Waals surface area contributed by atoms with E-state index < -0.39 is 28.7 Å². The van der Waals surface area contributed by atoms with Crippen LogP contribution in [0.1, 0.15) is 36.3 Å². The summed E-state index contributed by atoms with van der Waals surface area (Å²) < 4.78 is 25.4. The Hall–Kier alpha value is -3.69. The van der Waals surface area contributed by atoms with Gasteiger partial charge < -0.3 is 14.6 Å². The smallest absolute Gasteiger partial charge is 0.412 e. The number of hydrogen-bond donors (Lipinski definition) is 2. The van der Waals surface area contributed by atoms with E-state index >= 15 is 0 Å². The number of carboxylic acids is 1. The third-order valence-electron chi connectivity index (χ3n) is 6.54.